The fraction of sp³-hybridized carbons (Fsp3) is 0.176. The molecule has 118 valence electrons. The molecule has 0 aromatic heterocycles. The van der Waals surface area contributed by atoms with Crippen LogP contribution in [-0.4, -0.2) is 24.0 Å². The molecule has 0 aliphatic carbocycles. The molecule has 6 heteroatoms. The minimum Gasteiger partial charge on any atom is -0.382 e. The van der Waals surface area contributed by atoms with Gasteiger partial charge in [-0.2, -0.15) is 0 Å². The molecule has 3 rings (SSSR count). The van der Waals surface area contributed by atoms with Crippen molar-refractivity contribution in [3.63, 3.8) is 0 Å². The molecule has 2 aromatic carbocycles. The smallest absolute Gasteiger partial charge is 0.268 e. The summed E-state index contributed by atoms with van der Waals surface area (Å²) in [6, 6.07) is 15.0. The van der Waals surface area contributed by atoms with Crippen LogP contribution in [0.25, 0.3) is 0 Å². The van der Waals surface area contributed by atoms with E-state index in [1.165, 1.54) is 0 Å². The van der Waals surface area contributed by atoms with Gasteiger partial charge in [-0.15, -0.1) is 11.8 Å². The molecule has 1 aliphatic rings. The SMILES string of the molecule is CSc1ccccc1NC(=O)[C@@H]1CC(c2ccccc2Cl)=NO1. The Bertz CT molecular complexity index is 764. The first-order valence-electron chi connectivity index (χ1n) is 7.10. The first-order chi connectivity index (χ1) is 11.2. The van der Waals surface area contributed by atoms with Crippen molar-refractivity contribution in [1.29, 1.82) is 0 Å². The molecule has 1 N–H and O–H groups in total. The second-order valence-electron chi connectivity index (χ2n) is 5.01. The number of hydrogen-bond acceptors (Lipinski definition) is 4. The number of rotatable bonds is 4. The maximum absolute atomic E-state index is 12.4. The van der Waals surface area contributed by atoms with E-state index >= 15 is 0 Å². The number of amides is 1. The minimum absolute atomic E-state index is 0.211. The molecular formula is C17H15ClN2O2S. The van der Waals surface area contributed by atoms with Crippen LogP contribution in [0.5, 0.6) is 0 Å². The summed E-state index contributed by atoms with van der Waals surface area (Å²) in [5.41, 5.74) is 2.27. The van der Waals surface area contributed by atoms with E-state index in [1.807, 2.05) is 48.7 Å². The topological polar surface area (TPSA) is 50.7 Å². The average Bonchev–Trinajstić information content (AvgIpc) is 3.05. The fourth-order valence-corrected chi connectivity index (χ4v) is 3.13. The molecule has 0 unspecified atom stereocenters. The van der Waals surface area contributed by atoms with E-state index in [9.17, 15) is 4.79 Å². The second-order valence-corrected chi connectivity index (χ2v) is 6.26. The van der Waals surface area contributed by atoms with E-state index < -0.39 is 6.10 Å². The summed E-state index contributed by atoms with van der Waals surface area (Å²) in [6.07, 6.45) is 1.73. The number of hydrogen-bond donors (Lipinski definition) is 1. The van der Waals surface area contributed by atoms with Gasteiger partial charge in [0.05, 0.1) is 11.4 Å². The number of carbonyl (C=O) groups excluding carboxylic acids is 1. The van der Waals surface area contributed by atoms with Crippen molar-refractivity contribution in [2.45, 2.75) is 17.4 Å². The number of carbonyl (C=O) groups is 1. The van der Waals surface area contributed by atoms with Crippen LogP contribution in [0.4, 0.5) is 5.69 Å². The predicted molar refractivity (Wildman–Crippen MR) is 94.3 cm³/mol. The monoisotopic (exact) mass is 346 g/mol. The molecular weight excluding hydrogens is 332 g/mol. The van der Waals surface area contributed by atoms with Gasteiger partial charge in [0.25, 0.3) is 5.91 Å². The molecule has 1 amide bonds. The van der Waals surface area contributed by atoms with Crippen LogP contribution in [0.3, 0.4) is 0 Å². The Morgan fingerprint density at radius 2 is 2.00 bits per heavy atom. The molecule has 1 heterocycles. The Hall–Kier alpha value is -1.98. The van der Waals surface area contributed by atoms with Crippen LogP contribution in [0.1, 0.15) is 12.0 Å². The van der Waals surface area contributed by atoms with Crippen molar-refractivity contribution in [1.82, 2.24) is 0 Å². The minimum atomic E-state index is -0.642. The molecule has 0 radical (unpaired) electrons. The van der Waals surface area contributed by atoms with Gasteiger partial charge in [0, 0.05) is 21.9 Å². The standard InChI is InChI=1S/C17H15ClN2O2S/c1-23-16-9-5-4-8-13(16)19-17(21)15-10-14(20-22-15)11-6-2-3-7-12(11)18/h2-9,15H,10H2,1H3,(H,19,21)/t15-/m0/s1. The quantitative estimate of drug-likeness (QED) is 0.844. The van der Waals surface area contributed by atoms with Gasteiger partial charge in [-0.25, -0.2) is 0 Å². The molecule has 4 nitrogen and oxygen atoms in total. The van der Waals surface area contributed by atoms with Crippen molar-refractivity contribution < 1.29 is 9.63 Å². The van der Waals surface area contributed by atoms with E-state index in [0.29, 0.717) is 17.2 Å². The summed E-state index contributed by atoms with van der Waals surface area (Å²) in [5, 5.41) is 7.52. The van der Waals surface area contributed by atoms with Gasteiger partial charge in [-0.05, 0) is 24.5 Å². The highest BCUT2D eigenvalue weighted by atomic mass is 35.5. The highest BCUT2D eigenvalue weighted by Crippen LogP contribution is 2.27. The van der Waals surface area contributed by atoms with Crippen molar-refractivity contribution >= 4 is 40.7 Å². The van der Waals surface area contributed by atoms with Crippen molar-refractivity contribution in [2.75, 3.05) is 11.6 Å². The summed E-state index contributed by atoms with van der Waals surface area (Å²) in [5.74, 6) is -0.211. The van der Waals surface area contributed by atoms with Crippen LogP contribution in [0.2, 0.25) is 5.02 Å². The van der Waals surface area contributed by atoms with Crippen molar-refractivity contribution in [3.8, 4) is 0 Å². The zero-order valence-electron chi connectivity index (χ0n) is 12.5. The Labute approximate surface area is 143 Å². The molecule has 1 aliphatic heterocycles. The summed E-state index contributed by atoms with van der Waals surface area (Å²) in [6.45, 7) is 0. The number of halogens is 1. The number of oxime groups is 1. The highest BCUT2D eigenvalue weighted by Gasteiger charge is 2.30. The normalized spacial score (nSPS) is 16.6. The maximum Gasteiger partial charge on any atom is 0.268 e. The third-order valence-electron chi connectivity index (χ3n) is 3.51. The van der Waals surface area contributed by atoms with Crippen LogP contribution < -0.4 is 5.32 Å². The third-order valence-corrected chi connectivity index (χ3v) is 4.64. The molecule has 0 saturated carbocycles. The number of para-hydroxylation sites is 1. The fourth-order valence-electron chi connectivity index (χ4n) is 2.33. The van der Waals surface area contributed by atoms with Crippen LogP contribution in [-0.2, 0) is 9.63 Å². The molecule has 0 bridgehead atoms. The first kappa shape index (κ1) is 15.9. The number of anilines is 1. The average molecular weight is 347 g/mol. The van der Waals surface area contributed by atoms with Gasteiger partial charge in [-0.3, -0.25) is 4.79 Å². The Kier molecular flexibility index (Phi) is 4.88. The summed E-state index contributed by atoms with van der Waals surface area (Å²) in [7, 11) is 0. The zero-order valence-corrected chi connectivity index (χ0v) is 14.0. The highest BCUT2D eigenvalue weighted by molar-refractivity contribution is 7.98. The zero-order chi connectivity index (χ0) is 16.2. The van der Waals surface area contributed by atoms with Gasteiger partial charge in [0.1, 0.15) is 0 Å². The lowest BCUT2D eigenvalue weighted by Gasteiger charge is -2.12. The summed E-state index contributed by atoms with van der Waals surface area (Å²) in [4.78, 5) is 18.7. The molecule has 23 heavy (non-hydrogen) atoms. The molecule has 0 spiro atoms. The lowest BCUT2D eigenvalue weighted by atomic mass is 10.0. The molecule has 2 aromatic rings. The Balaban J connectivity index is 1.68. The summed E-state index contributed by atoms with van der Waals surface area (Å²) >= 11 is 7.74. The lowest BCUT2D eigenvalue weighted by Crippen LogP contribution is -2.28. The van der Waals surface area contributed by atoms with E-state index in [4.69, 9.17) is 16.4 Å². The number of nitrogens with zero attached hydrogens (tertiary/aromatic N) is 1. The van der Waals surface area contributed by atoms with E-state index in [0.717, 1.165) is 16.1 Å². The third kappa shape index (κ3) is 3.51. The van der Waals surface area contributed by atoms with E-state index in [1.54, 1.807) is 17.8 Å². The van der Waals surface area contributed by atoms with Gasteiger partial charge < -0.3 is 10.2 Å². The molecule has 0 saturated heterocycles. The number of benzene rings is 2. The number of thioether (sulfide) groups is 1. The number of nitrogens with one attached hydrogen (secondary N) is 1. The van der Waals surface area contributed by atoms with Gasteiger partial charge in [-0.1, -0.05) is 47.1 Å². The van der Waals surface area contributed by atoms with E-state index in [-0.39, 0.29) is 5.91 Å². The van der Waals surface area contributed by atoms with Crippen LogP contribution >= 0.6 is 23.4 Å². The predicted octanol–water partition coefficient (Wildman–Crippen LogP) is 4.19. The maximum atomic E-state index is 12.4. The Morgan fingerprint density at radius 3 is 2.78 bits per heavy atom. The summed E-state index contributed by atoms with van der Waals surface area (Å²) < 4.78 is 0. The second kappa shape index (κ2) is 7.06. The van der Waals surface area contributed by atoms with E-state index in [2.05, 4.69) is 10.5 Å². The molecule has 0 fully saturated rings. The first-order valence-corrected chi connectivity index (χ1v) is 8.71. The Morgan fingerprint density at radius 1 is 1.26 bits per heavy atom. The van der Waals surface area contributed by atoms with Gasteiger partial charge in [0.2, 0.25) is 6.10 Å². The largest absolute Gasteiger partial charge is 0.382 e. The van der Waals surface area contributed by atoms with Crippen LogP contribution in [0, 0.1) is 0 Å². The lowest BCUT2D eigenvalue weighted by molar-refractivity contribution is -0.125. The molecule has 1 atom stereocenters. The van der Waals surface area contributed by atoms with Crippen molar-refractivity contribution in [2.24, 2.45) is 5.16 Å². The van der Waals surface area contributed by atoms with Crippen LogP contribution in [0.15, 0.2) is 58.6 Å². The van der Waals surface area contributed by atoms with Crippen molar-refractivity contribution in [3.05, 3.63) is 59.1 Å². The van der Waals surface area contributed by atoms with Gasteiger partial charge >= 0.3 is 0 Å². The van der Waals surface area contributed by atoms with Gasteiger partial charge in [0.15, 0.2) is 0 Å².